The molecule has 3 nitrogen and oxygen atoms in total. The Labute approximate surface area is 106 Å². The highest BCUT2D eigenvalue weighted by Crippen LogP contribution is 2.21. The highest BCUT2D eigenvalue weighted by Gasteiger charge is 2.25. The molecule has 1 aliphatic heterocycles. The minimum Gasteiger partial charge on any atom is -0.466 e. The summed E-state index contributed by atoms with van der Waals surface area (Å²) in [7, 11) is 0. The number of hydrogen-bond acceptors (Lipinski definition) is 4. The fourth-order valence-electron chi connectivity index (χ4n) is 2.21. The number of ether oxygens (including phenoxy) is 1. The lowest BCUT2D eigenvalue weighted by Gasteiger charge is -2.30. The normalized spacial score (nSPS) is 18.2. The third-order valence-electron chi connectivity index (χ3n) is 3.17. The largest absolute Gasteiger partial charge is 0.466 e. The molecule has 2 rings (SSSR count). The van der Waals surface area contributed by atoms with Crippen LogP contribution in [0, 0.1) is 5.92 Å². The number of thiophene rings is 1. The first-order valence-electron chi connectivity index (χ1n) is 6.21. The van der Waals surface area contributed by atoms with Crippen LogP contribution in [0.5, 0.6) is 0 Å². The maximum atomic E-state index is 11.6. The molecule has 94 valence electrons. The van der Waals surface area contributed by atoms with Gasteiger partial charge in [0.25, 0.3) is 0 Å². The molecule has 1 fully saturated rings. The van der Waals surface area contributed by atoms with Crippen molar-refractivity contribution in [3.8, 4) is 0 Å². The number of rotatable bonds is 4. The second-order valence-corrected chi connectivity index (χ2v) is 5.41. The average Bonchev–Trinajstić information content (AvgIpc) is 2.83. The van der Waals surface area contributed by atoms with Gasteiger partial charge in [-0.3, -0.25) is 9.69 Å². The van der Waals surface area contributed by atoms with Crippen LogP contribution in [0.3, 0.4) is 0 Å². The standard InChI is InChI=1S/C13H19NO2S/c1-2-16-13(15)11-5-7-14(8-6-11)10-12-4-3-9-17-12/h3-4,9,11H,2,5-8,10H2,1H3. The summed E-state index contributed by atoms with van der Waals surface area (Å²) in [6.07, 6.45) is 1.87. The van der Waals surface area contributed by atoms with Gasteiger partial charge in [0.2, 0.25) is 0 Å². The van der Waals surface area contributed by atoms with Gasteiger partial charge in [0.15, 0.2) is 0 Å². The average molecular weight is 253 g/mol. The predicted molar refractivity (Wildman–Crippen MR) is 69.0 cm³/mol. The zero-order valence-corrected chi connectivity index (χ0v) is 11.0. The second-order valence-electron chi connectivity index (χ2n) is 4.38. The lowest BCUT2D eigenvalue weighted by molar-refractivity contribution is -0.149. The van der Waals surface area contributed by atoms with E-state index in [-0.39, 0.29) is 11.9 Å². The molecule has 0 unspecified atom stereocenters. The van der Waals surface area contributed by atoms with E-state index in [0.717, 1.165) is 32.5 Å². The molecule has 0 atom stereocenters. The Morgan fingerprint density at radius 1 is 1.53 bits per heavy atom. The van der Waals surface area contributed by atoms with Crippen LogP contribution >= 0.6 is 11.3 Å². The number of carbonyl (C=O) groups is 1. The third-order valence-corrected chi connectivity index (χ3v) is 4.03. The SMILES string of the molecule is CCOC(=O)C1CCN(Cc2cccs2)CC1. The zero-order chi connectivity index (χ0) is 12.1. The van der Waals surface area contributed by atoms with E-state index < -0.39 is 0 Å². The van der Waals surface area contributed by atoms with Crippen molar-refractivity contribution >= 4 is 17.3 Å². The van der Waals surface area contributed by atoms with E-state index in [9.17, 15) is 4.79 Å². The maximum Gasteiger partial charge on any atom is 0.309 e. The lowest BCUT2D eigenvalue weighted by atomic mass is 9.97. The molecule has 0 N–H and O–H groups in total. The van der Waals surface area contributed by atoms with Crippen molar-refractivity contribution in [2.45, 2.75) is 26.3 Å². The van der Waals surface area contributed by atoms with E-state index in [1.165, 1.54) is 4.88 Å². The summed E-state index contributed by atoms with van der Waals surface area (Å²) in [4.78, 5) is 15.4. The van der Waals surface area contributed by atoms with Gasteiger partial charge >= 0.3 is 5.97 Å². The quantitative estimate of drug-likeness (QED) is 0.772. The molecule has 0 spiro atoms. The van der Waals surface area contributed by atoms with Crippen LogP contribution < -0.4 is 0 Å². The van der Waals surface area contributed by atoms with E-state index in [2.05, 4.69) is 22.4 Å². The number of likely N-dealkylation sites (tertiary alicyclic amines) is 1. The lowest BCUT2D eigenvalue weighted by Crippen LogP contribution is -2.36. The first-order valence-corrected chi connectivity index (χ1v) is 7.09. The number of piperidine rings is 1. The Morgan fingerprint density at radius 3 is 2.88 bits per heavy atom. The van der Waals surface area contributed by atoms with Crippen molar-refractivity contribution in [1.29, 1.82) is 0 Å². The third kappa shape index (κ3) is 3.54. The summed E-state index contributed by atoms with van der Waals surface area (Å²) >= 11 is 1.80. The molecule has 0 aliphatic carbocycles. The van der Waals surface area contributed by atoms with Crippen molar-refractivity contribution in [3.63, 3.8) is 0 Å². The number of nitrogens with zero attached hydrogens (tertiary/aromatic N) is 1. The molecule has 0 bridgehead atoms. The number of esters is 1. The van der Waals surface area contributed by atoms with Crippen LogP contribution in [-0.4, -0.2) is 30.6 Å². The fraction of sp³-hybridized carbons (Fsp3) is 0.615. The van der Waals surface area contributed by atoms with E-state index in [0.29, 0.717) is 6.61 Å². The van der Waals surface area contributed by atoms with E-state index in [1.807, 2.05) is 6.92 Å². The highest BCUT2D eigenvalue weighted by atomic mass is 32.1. The molecule has 1 aliphatic rings. The molecule has 0 radical (unpaired) electrons. The summed E-state index contributed by atoms with van der Waals surface area (Å²) in [6.45, 7) is 5.38. The molecule has 1 saturated heterocycles. The van der Waals surface area contributed by atoms with Gasteiger partial charge in [-0.05, 0) is 44.3 Å². The molecule has 0 aromatic carbocycles. The minimum absolute atomic E-state index is 0.0109. The van der Waals surface area contributed by atoms with Gasteiger partial charge in [-0.15, -0.1) is 11.3 Å². The Balaban J connectivity index is 1.76. The summed E-state index contributed by atoms with van der Waals surface area (Å²) in [5.41, 5.74) is 0. The van der Waals surface area contributed by atoms with Crippen LogP contribution in [0.15, 0.2) is 17.5 Å². The minimum atomic E-state index is -0.0109. The molecule has 4 heteroatoms. The van der Waals surface area contributed by atoms with Crippen molar-refractivity contribution in [2.24, 2.45) is 5.92 Å². The van der Waals surface area contributed by atoms with Gasteiger partial charge in [0.1, 0.15) is 0 Å². The molecule has 1 aromatic heterocycles. The van der Waals surface area contributed by atoms with Crippen molar-refractivity contribution < 1.29 is 9.53 Å². The smallest absolute Gasteiger partial charge is 0.309 e. The first kappa shape index (κ1) is 12.6. The Hall–Kier alpha value is -0.870. The predicted octanol–water partition coefficient (Wildman–Crippen LogP) is 2.52. The Morgan fingerprint density at radius 2 is 2.29 bits per heavy atom. The van der Waals surface area contributed by atoms with Crippen LogP contribution in [0.25, 0.3) is 0 Å². The number of hydrogen-bond donors (Lipinski definition) is 0. The highest BCUT2D eigenvalue weighted by molar-refractivity contribution is 7.09. The molecule has 1 aromatic rings. The first-order chi connectivity index (χ1) is 8.29. The Kier molecular flexibility index (Phi) is 4.57. The molecule has 2 heterocycles. The second kappa shape index (κ2) is 6.17. The van der Waals surface area contributed by atoms with Gasteiger partial charge in [0, 0.05) is 11.4 Å². The molecule has 17 heavy (non-hydrogen) atoms. The van der Waals surface area contributed by atoms with Gasteiger partial charge in [-0.2, -0.15) is 0 Å². The van der Waals surface area contributed by atoms with Crippen molar-refractivity contribution in [2.75, 3.05) is 19.7 Å². The van der Waals surface area contributed by atoms with Gasteiger partial charge in [-0.1, -0.05) is 6.07 Å². The molecule has 0 saturated carbocycles. The van der Waals surface area contributed by atoms with Crippen LogP contribution in [0.1, 0.15) is 24.6 Å². The maximum absolute atomic E-state index is 11.6. The summed E-state index contributed by atoms with van der Waals surface area (Å²) in [6, 6.07) is 4.26. The van der Waals surface area contributed by atoms with Crippen molar-refractivity contribution in [3.05, 3.63) is 22.4 Å². The Bertz CT molecular complexity index is 342. The monoisotopic (exact) mass is 253 g/mol. The summed E-state index contributed by atoms with van der Waals surface area (Å²) < 4.78 is 5.07. The van der Waals surface area contributed by atoms with E-state index in [1.54, 1.807) is 11.3 Å². The fourth-order valence-corrected chi connectivity index (χ4v) is 2.96. The molecular formula is C13H19NO2S. The topological polar surface area (TPSA) is 29.5 Å². The van der Waals surface area contributed by atoms with E-state index >= 15 is 0 Å². The molecular weight excluding hydrogens is 234 g/mol. The van der Waals surface area contributed by atoms with Gasteiger partial charge in [-0.25, -0.2) is 0 Å². The van der Waals surface area contributed by atoms with Crippen LogP contribution in [0.2, 0.25) is 0 Å². The summed E-state index contributed by atoms with van der Waals surface area (Å²) in [5.74, 6) is 0.109. The van der Waals surface area contributed by atoms with Crippen molar-refractivity contribution in [1.82, 2.24) is 4.90 Å². The van der Waals surface area contributed by atoms with E-state index in [4.69, 9.17) is 4.74 Å². The molecule has 0 amide bonds. The van der Waals surface area contributed by atoms with Gasteiger partial charge < -0.3 is 4.74 Å². The van der Waals surface area contributed by atoms with Crippen LogP contribution in [-0.2, 0) is 16.1 Å². The number of carbonyl (C=O) groups excluding carboxylic acids is 1. The van der Waals surface area contributed by atoms with Gasteiger partial charge in [0.05, 0.1) is 12.5 Å². The zero-order valence-electron chi connectivity index (χ0n) is 10.2. The van der Waals surface area contributed by atoms with Crippen LogP contribution in [0.4, 0.5) is 0 Å². The summed E-state index contributed by atoms with van der Waals surface area (Å²) in [5, 5.41) is 2.11.